The van der Waals surface area contributed by atoms with Crippen LogP contribution < -0.4 is 4.72 Å². The number of imidazole rings is 1. The molecule has 2 aromatic heterocycles. The number of thiophene rings is 1. The monoisotopic (exact) mass is 315 g/mol. The van der Waals surface area contributed by atoms with E-state index in [4.69, 9.17) is 5.11 Å². The number of nitrogens with one attached hydrogen (secondary N) is 2. The standard InChI is InChI=1S/C11H13N3O4S2/c1-7-11(13-6-12-7)20(17,18)14-9(4-10(15)16)8-2-3-19-5-8/h2-3,5-6,9,14H,4H2,1H3,(H,12,13)(H,15,16). The summed E-state index contributed by atoms with van der Waals surface area (Å²) in [6.45, 7) is 1.58. The van der Waals surface area contributed by atoms with Crippen LogP contribution in [0.5, 0.6) is 0 Å². The molecule has 0 saturated carbocycles. The molecule has 0 amide bonds. The van der Waals surface area contributed by atoms with Crippen LogP contribution in [0, 0.1) is 6.92 Å². The van der Waals surface area contributed by atoms with Crippen LogP contribution in [0.3, 0.4) is 0 Å². The van der Waals surface area contributed by atoms with E-state index in [-0.39, 0.29) is 11.4 Å². The number of hydrogen-bond donors (Lipinski definition) is 3. The van der Waals surface area contributed by atoms with Gasteiger partial charge in [0.1, 0.15) is 0 Å². The summed E-state index contributed by atoms with van der Waals surface area (Å²) in [6.07, 6.45) is 0.945. The molecule has 1 unspecified atom stereocenters. The average Bonchev–Trinajstić information content (AvgIpc) is 2.97. The third-order valence-corrected chi connectivity index (χ3v) is 4.88. The fraction of sp³-hybridized carbons (Fsp3) is 0.273. The summed E-state index contributed by atoms with van der Waals surface area (Å²) in [4.78, 5) is 17.3. The molecule has 108 valence electrons. The van der Waals surface area contributed by atoms with E-state index in [9.17, 15) is 13.2 Å². The Balaban J connectivity index is 2.28. The normalized spacial score (nSPS) is 13.2. The van der Waals surface area contributed by atoms with Gasteiger partial charge in [0.25, 0.3) is 10.0 Å². The third-order valence-electron chi connectivity index (χ3n) is 2.66. The van der Waals surface area contributed by atoms with Gasteiger partial charge in [-0.1, -0.05) is 0 Å². The lowest BCUT2D eigenvalue weighted by atomic mass is 10.1. The van der Waals surface area contributed by atoms with Gasteiger partial charge in [-0.2, -0.15) is 11.3 Å². The second-order valence-electron chi connectivity index (χ2n) is 4.16. The first-order valence-corrected chi connectivity index (χ1v) is 8.09. The SMILES string of the molecule is Cc1[nH]cnc1S(=O)(=O)NC(CC(=O)O)c1ccsc1. The first-order valence-electron chi connectivity index (χ1n) is 5.66. The third kappa shape index (κ3) is 3.24. The van der Waals surface area contributed by atoms with E-state index in [0.29, 0.717) is 11.3 Å². The molecule has 0 aliphatic heterocycles. The molecular weight excluding hydrogens is 302 g/mol. The van der Waals surface area contributed by atoms with Crippen LogP contribution in [-0.2, 0) is 14.8 Å². The van der Waals surface area contributed by atoms with E-state index in [1.165, 1.54) is 17.7 Å². The number of aromatic nitrogens is 2. The second-order valence-corrected chi connectivity index (χ2v) is 6.57. The minimum absolute atomic E-state index is 0.122. The number of rotatable bonds is 6. The minimum atomic E-state index is -3.87. The zero-order valence-electron chi connectivity index (χ0n) is 10.5. The summed E-state index contributed by atoms with van der Waals surface area (Å²) in [6, 6.07) is 0.873. The van der Waals surface area contributed by atoms with Crippen LogP contribution in [0.15, 0.2) is 28.2 Å². The van der Waals surface area contributed by atoms with Gasteiger partial charge in [0.15, 0.2) is 5.03 Å². The molecule has 0 aliphatic rings. The summed E-state index contributed by atoms with van der Waals surface area (Å²) >= 11 is 1.37. The quantitative estimate of drug-likeness (QED) is 0.743. The molecule has 2 rings (SSSR count). The highest BCUT2D eigenvalue weighted by Crippen LogP contribution is 2.22. The predicted octanol–water partition coefficient (Wildman–Crippen LogP) is 1.27. The zero-order chi connectivity index (χ0) is 14.8. The Labute approximate surface area is 119 Å². The number of carboxylic acids is 1. The highest BCUT2D eigenvalue weighted by Gasteiger charge is 2.26. The van der Waals surface area contributed by atoms with Crippen LogP contribution in [0.2, 0.25) is 0 Å². The van der Waals surface area contributed by atoms with Crippen LogP contribution in [0.25, 0.3) is 0 Å². The summed E-state index contributed by atoms with van der Waals surface area (Å²) in [5.41, 5.74) is 1.02. The molecule has 0 aliphatic carbocycles. The number of carbonyl (C=O) groups is 1. The number of aromatic amines is 1. The van der Waals surface area contributed by atoms with E-state index in [1.807, 2.05) is 0 Å². The van der Waals surface area contributed by atoms with Gasteiger partial charge in [-0.05, 0) is 29.3 Å². The van der Waals surface area contributed by atoms with Crippen molar-refractivity contribution in [2.24, 2.45) is 0 Å². The lowest BCUT2D eigenvalue weighted by molar-refractivity contribution is -0.137. The smallest absolute Gasteiger partial charge is 0.305 e. The molecule has 0 radical (unpaired) electrons. The van der Waals surface area contributed by atoms with Crippen molar-refractivity contribution in [3.8, 4) is 0 Å². The largest absolute Gasteiger partial charge is 0.481 e. The number of aliphatic carboxylic acids is 1. The summed E-state index contributed by atoms with van der Waals surface area (Å²) < 4.78 is 26.8. The fourth-order valence-corrected chi connectivity index (χ4v) is 3.81. The number of hydrogen-bond acceptors (Lipinski definition) is 5. The molecule has 0 spiro atoms. The molecule has 2 aromatic rings. The van der Waals surface area contributed by atoms with Gasteiger partial charge < -0.3 is 10.1 Å². The lowest BCUT2D eigenvalue weighted by Gasteiger charge is -2.15. The molecule has 20 heavy (non-hydrogen) atoms. The van der Waals surface area contributed by atoms with Crippen LogP contribution >= 0.6 is 11.3 Å². The maximum absolute atomic E-state index is 12.2. The molecule has 7 nitrogen and oxygen atoms in total. The van der Waals surface area contributed by atoms with Gasteiger partial charge >= 0.3 is 5.97 Å². The molecule has 2 heterocycles. The Morgan fingerprint density at radius 2 is 2.35 bits per heavy atom. The maximum atomic E-state index is 12.2. The van der Waals surface area contributed by atoms with Crippen LogP contribution in [-0.4, -0.2) is 29.5 Å². The van der Waals surface area contributed by atoms with E-state index in [2.05, 4.69) is 14.7 Å². The van der Waals surface area contributed by atoms with Crippen molar-refractivity contribution in [3.63, 3.8) is 0 Å². The van der Waals surface area contributed by atoms with Crippen molar-refractivity contribution in [2.45, 2.75) is 24.4 Å². The van der Waals surface area contributed by atoms with E-state index >= 15 is 0 Å². The van der Waals surface area contributed by atoms with Crippen molar-refractivity contribution < 1.29 is 18.3 Å². The Hall–Kier alpha value is -1.71. The van der Waals surface area contributed by atoms with Crippen molar-refractivity contribution in [1.82, 2.24) is 14.7 Å². The van der Waals surface area contributed by atoms with E-state index in [1.54, 1.807) is 23.8 Å². The van der Waals surface area contributed by atoms with Crippen molar-refractivity contribution in [2.75, 3.05) is 0 Å². The zero-order valence-corrected chi connectivity index (χ0v) is 12.2. The van der Waals surface area contributed by atoms with Crippen LogP contribution in [0.4, 0.5) is 0 Å². The Kier molecular flexibility index (Phi) is 4.21. The topological polar surface area (TPSA) is 112 Å². The Bertz CT molecular complexity index is 691. The van der Waals surface area contributed by atoms with Gasteiger partial charge in [0, 0.05) is 0 Å². The number of nitrogens with zero attached hydrogens (tertiary/aromatic N) is 1. The number of H-pyrrole nitrogens is 1. The highest BCUT2D eigenvalue weighted by atomic mass is 32.2. The molecule has 1 atom stereocenters. The molecule has 3 N–H and O–H groups in total. The summed E-state index contributed by atoms with van der Waals surface area (Å²) in [5.74, 6) is -1.08. The van der Waals surface area contributed by atoms with Crippen molar-refractivity contribution in [1.29, 1.82) is 0 Å². The van der Waals surface area contributed by atoms with Gasteiger partial charge in [-0.25, -0.2) is 18.1 Å². The van der Waals surface area contributed by atoms with Gasteiger partial charge in [0.05, 0.1) is 24.5 Å². The maximum Gasteiger partial charge on any atom is 0.305 e. The van der Waals surface area contributed by atoms with Crippen molar-refractivity contribution >= 4 is 27.3 Å². The van der Waals surface area contributed by atoms with Crippen LogP contribution in [0.1, 0.15) is 23.7 Å². The molecule has 0 saturated heterocycles. The molecule has 0 bridgehead atoms. The molecule has 0 aromatic carbocycles. The van der Waals surface area contributed by atoms with Crippen molar-refractivity contribution in [3.05, 3.63) is 34.4 Å². The number of aryl methyl sites for hydroxylation is 1. The first-order chi connectivity index (χ1) is 9.40. The molecule has 9 heteroatoms. The highest BCUT2D eigenvalue weighted by molar-refractivity contribution is 7.89. The second kappa shape index (κ2) is 5.73. The average molecular weight is 315 g/mol. The Morgan fingerprint density at radius 1 is 1.60 bits per heavy atom. The molecular formula is C11H13N3O4S2. The Morgan fingerprint density at radius 3 is 2.85 bits per heavy atom. The minimum Gasteiger partial charge on any atom is -0.481 e. The van der Waals surface area contributed by atoms with Gasteiger partial charge in [-0.15, -0.1) is 0 Å². The van der Waals surface area contributed by atoms with E-state index in [0.717, 1.165) is 0 Å². The predicted molar refractivity (Wildman–Crippen MR) is 73.0 cm³/mol. The summed E-state index contributed by atoms with van der Waals surface area (Å²) in [7, 11) is -3.87. The fourth-order valence-electron chi connectivity index (χ4n) is 1.74. The number of carboxylic acid groups (broad SMARTS) is 1. The first kappa shape index (κ1) is 14.7. The van der Waals surface area contributed by atoms with Gasteiger partial charge in [0.2, 0.25) is 0 Å². The number of sulfonamides is 1. The molecule has 0 fully saturated rings. The lowest BCUT2D eigenvalue weighted by Crippen LogP contribution is -2.30. The summed E-state index contributed by atoms with van der Waals surface area (Å²) in [5, 5.41) is 12.3. The van der Waals surface area contributed by atoms with E-state index < -0.39 is 22.0 Å². The van der Waals surface area contributed by atoms with Gasteiger partial charge in [-0.3, -0.25) is 4.79 Å².